The van der Waals surface area contributed by atoms with Crippen LogP contribution in [-0.4, -0.2) is 31.9 Å². The predicted molar refractivity (Wildman–Crippen MR) is 93.0 cm³/mol. The highest BCUT2D eigenvalue weighted by molar-refractivity contribution is 5.74. The summed E-state index contributed by atoms with van der Waals surface area (Å²) in [6.45, 7) is 0.336. The van der Waals surface area contributed by atoms with Crippen molar-refractivity contribution >= 4 is 11.0 Å². The number of para-hydroxylation sites is 1. The van der Waals surface area contributed by atoms with Crippen LogP contribution < -0.4 is 10.3 Å². The van der Waals surface area contributed by atoms with Gasteiger partial charge in [0.05, 0.1) is 25.5 Å². The van der Waals surface area contributed by atoms with Crippen LogP contribution in [0.5, 0.6) is 5.75 Å². The van der Waals surface area contributed by atoms with Gasteiger partial charge in [0.15, 0.2) is 5.65 Å². The van der Waals surface area contributed by atoms with Crippen LogP contribution in [0, 0.1) is 0 Å². The minimum absolute atomic E-state index is 0.219. The fourth-order valence-corrected chi connectivity index (χ4v) is 2.63. The molecule has 7 heteroatoms. The molecule has 0 N–H and O–H groups in total. The summed E-state index contributed by atoms with van der Waals surface area (Å²) in [5, 5.41) is 13.0. The highest BCUT2D eigenvalue weighted by Gasteiger charge is 2.12. The molecule has 0 aliphatic carbocycles. The summed E-state index contributed by atoms with van der Waals surface area (Å²) in [4.78, 5) is 12.7. The van der Waals surface area contributed by atoms with E-state index in [1.807, 2.05) is 54.6 Å². The van der Waals surface area contributed by atoms with Gasteiger partial charge in [0, 0.05) is 0 Å². The molecular formula is C18H15N5O2. The van der Waals surface area contributed by atoms with Crippen molar-refractivity contribution in [3.8, 4) is 11.4 Å². The summed E-state index contributed by atoms with van der Waals surface area (Å²) >= 11 is 0. The number of fused-ring (bicyclic) bond motifs is 1. The van der Waals surface area contributed by atoms with Crippen molar-refractivity contribution in [1.82, 2.24) is 24.8 Å². The summed E-state index contributed by atoms with van der Waals surface area (Å²) in [5.41, 5.74) is 2.00. The normalized spacial score (nSPS) is 10.9. The molecule has 0 aliphatic heterocycles. The Kier molecular flexibility index (Phi) is 3.74. The van der Waals surface area contributed by atoms with Gasteiger partial charge in [-0.3, -0.25) is 4.79 Å². The minimum atomic E-state index is -0.219. The van der Waals surface area contributed by atoms with Crippen LogP contribution in [0.4, 0.5) is 0 Å². The molecule has 2 aromatic heterocycles. The summed E-state index contributed by atoms with van der Waals surface area (Å²) in [6, 6.07) is 17.0. The van der Waals surface area contributed by atoms with Gasteiger partial charge in [0.1, 0.15) is 11.1 Å². The molecule has 25 heavy (non-hydrogen) atoms. The SMILES string of the molecule is COc1ccc(Cn2nnc3c(cnn3-c3ccccc3)c2=O)cc1. The van der Waals surface area contributed by atoms with Gasteiger partial charge in [-0.25, -0.2) is 9.36 Å². The van der Waals surface area contributed by atoms with Crippen molar-refractivity contribution in [2.24, 2.45) is 0 Å². The lowest BCUT2D eigenvalue weighted by Gasteiger charge is -2.06. The van der Waals surface area contributed by atoms with Crippen molar-refractivity contribution in [1.29, 1.82) is 0 Å². The zero-order valence-corrected chi connectivity index (χ0v) is 13.5. The monoisotopic (exact) mass is 333 g/mol. The molecule has 4 aromatic rings. The van der Waals surface area contributed by atoms with Gasteiger partial charge in [-0.1, -0.05) is 35.5 Å². The van der Waals surface area contributed by atoms with Gasteiger partial charge in [0.2, 0.25) is 0 Å². The first-order chi connectivity index (χ1) is 12.3. The third-order valence-electron chi connectivity index (χ3n) is 3.95. The van der Waals surface area contributed by atoms with E-state index in [1.165, 1.54) is 10.9 Å². The molecule has 0 saturated carbocycles. The molecule has 0 atom stereocenters. The van der Waals surface area contributed by atoms with E-state index in [9.17, 15) is 4.79 Å². The average molecular weight is 333 g/mol. The van der Waals surface area contributed by atoms with Crippen molar-refractivity contribution in [2.75, 3.05) is 7.11 Å². The third kappa shape index (κ3) is 2.76. The van der Waals surface area contributed by atoms with Gasteiger partial charge in [0.25, 0.3) is 5.56 Å². The highest BCUT2D eigenvalue weighted by atomic mass is 16.5. The Balaban J connectivity index is 1.72. The minimum Gasteiger partial charge on any atom is -0.497 e. The molecule has 0 amide bonds. The average Bonchev–Trinajstić information content (AvgIpc) is 3.10. The van der Waals surface area contributed by atoms with E-state index in [0.717, 1.165) is 17.0 Å². The first-order valence-electron chi connectivity index (χ1n) is 7.76. The van der Waals surface area contributed by atoms with Gasteiger partial charge in [-0.15, -0.1) is 5.10 Å². The Bertz CT molecular complexity index is 1070. The fourth-order valence-electron chi connectivity index (χ4n) is 2.63. The van der Waals surface area contributed by atoms with Crippen molar-refractivity contribution in [3.63, 3.8) is 0 Å². The second-order valence-electron chi connectivity index (χ2n) is 5.53. The van der Waals surface area contributed by atoms with E-state index in [4.69, 9.17) is 4.74 Å². The Morgan fingerprint density at radius 2 is 1.80 bits per heavy atom. The lowest BCUT2D eigenvalue weighted by atomic mass is 10.2. The van der Waals surface area contributed by atoms with Crippen molar-refractivity contribution < 1.29 is 4.74 Å². The quantitative estimate of drug-likeness (QED) is 0.571. The van der Waals surface area contributed by atoms with Crippen LogP contribution in [-0.2, 0) is 6.54 Å². The van der Waals surface area contributed by atoms with Gasteiger partial charge in [-0.2, -0.15) is 5.10 Å². The lowest BCUT2D eigenvalue weighted by molar-refractivity contribution is 0.414. The van der Waals surface area contributed by atoms with E-state index >= 15 is 0 Å². The maximum absolute atomic E-state index is 12.7. The topological polar surface area (TPSA) is 74.8 Å². The molecule has 2 aromatic carbocycles. The smallest absolute Gasteiger partial charge is 0.281 e. The van der Waals surface area contributed by atoms with Crippen LogP contribution in [0.2, 0.25) is 0 Å². The van der Waals surface area contributed by atoms with Crippen LogP contribution >= 0.6 is 0 Å². The molecule has 0 unspecified atom stereocenters. The number of nitrogens with zero attached hydrogens (tertiary/aromatic N) is 5. The van der Waals surface area contributed by atoms with E-state index in [-0.39, 0.29) is 5.56 Å². The number of benzene rings is 2. The molecule has 0 saturated heterocycles. The van der Waals surface area contributed by atoms with E-state index in [0.29, 0.717) is 17.6 Å². The van der Waals surface area contributed by atoms with Crippen LogP contribution in [0.3, 0.4) is 0 Å². The van der Waals surface area contributed by atoms with Gasteiger partial charge < -0.3 is 4.74 Å². The van der Waals surface area contributed by atoms with Gasteiger partial charge in [-0.05, 0) is 29.8 Å². The largest absolute Gasteiger partial charge is 0.497 e. The molecule has 2 heterocycles. The number of rotatable bonds is 4. The number of ether oxygens (including phenoxy) is 1. The number of hydrogen-bond donors (Lipinski definition) is 0. The highest BCUT2D eigenvalue weighted by Crippen LogP contribution is 2.14. The molecule has 0 fully saturated rings. The molecular weight excluding hydrogens is 318 g/mol. The Morgan fingerprint density at radius 1 is 1.04 bits per heavy atom. The molecule has 7 nitrogen and oxygen atoms in total. The van der Waals surface area contributed by atoms with Gasteiger partial charge >= 0.3 is 0 Å². The third-order valence-corrected chi connectivity index (χ3v) is 3.95. The van der Waals surface area contributed by atoms with Crippen molar-refractivity contribution in [2.45, 2.75) is 6.54 Å². The fraction of sp³-hybridized carbons (Fsp3) is 0.111. The Morgan fingerprint density at radius 3 is 2.52 bits per heavy atom. The Hall–Kier alpha value is -3.48. The van der Waals surface area contributed by atoms with E-state index in [1.54, 1.807) is 11.8 Å². The summed E-state index contributed by atoms with van der Waals surface area (Å²) in [6.07, 6.45) is 1.53. The maximum atomic E-state index is 12.7. The lowest BCUT2D eigenvalue weighted by Crippen LogP contribution is -2.24. The molecule has 0 radical (unpaired) electrons. The van der Waals surface area contributed by atoms with Crippen molar-refractivity contribution in [3.05, 3.63) is 76.7 Å². The second-order valence-corrected chi connectivity index (χ2v) is 5.53. The first kappa shape index (κ1) is 15.1. The zero-order chi connectivity index (χ0) is 17.2. The molecule has 0 aliphatic rings. The molecule has 4 rings (SSSR count). The molecule has 124 valence electrons. The first-order valence-corrected chi connectivity index (χ1v) is 7.76. The number of hydrogen-bond acceptors (Lipinski definition) is 5. The summed E-state index contributed by atoms with van der Waals surface area (Å²) in [7, 11) is 1.61. The number of methoxy groups -OCH3 is 1. The van der Waals surface area contributed by atoms with E-state index in [2.05, 4.69) is 15.4 Å². The molecule has 0 spiro atoms. The second kappa shape index (κ2) is 6.20. The number of aromatic nitrogens is 5. The van der Waals surface area contributed by atoms with E-state index < -0.39 is 0 Å². The maximum Gasteiger partial charge on any atom is 0.281 e. The standard InChI is InChI=1S/C18H15N5O2/c1-25-15-9-7-13(8-10-15)12-22-18(24)16-11-19-23(17(16)20-21-22)14-5-3-2-4-6-14/h2-11H,12H2,1H3. The van der Waals surface area contributed by atoms with Crippen LogP contribution in [0.1, 0.15) is 5.56 Å². The zero-order valence-electron chi connectivity index (χ0n) is 13.5. The summed E-state index contributed by atoms with van der Waals surface area (Å²) in [5.74, 6) is 0.766. The summed E-state index contributed by atoms with van der Waals surface area (Å²) < 4.78 is 8.09. The van der Waals surface area contributed by atoms with Crippen LogP contribution in [0.15, 0.2) is 65.6 Å². The van der Waals surface area contributed by atoms with Crippen LogP contribution in [0.25, 0.3) is 16.7 Å². The predicted octanol–water partition coefficient (Wildman–Crippen LogP) is 2.03. The molecule has 0 bridgehead atoms. The Labute approximate surface area is 143 Å².